The lowest BCUT2D eigenvalue weighted by atomic mass is 10.0. The van der Waals surface area contributed by atoms with Crippen molar-refractivity contribution in [3.8, 4) is 0 Å². The Hall–Kier alpha value is -3.55. The average Bonchev–Trinajstić information content (AvgIpc) is 3.49. The molecule has 156 valence electrons. The third-order valence-corrected chi connectivity index (χ3v) is 5.41. The zero-order valence-electron chi connectivity index (χ0n) is 16.6. The normalized spacial score (nSPS) is 17.3. The second kappa shape index (κ2) is 8.44. The number of amides is 2. The van der Waals surface area contributed by atoms with Gasteiger partial charge in [-0.2, -0.15) is 0 Å². The maximum atomic E-state index is 12.8. The van der Waals surface area contributed by atoms with Crippen LogP contribution >= 0.6 is 0 Å². The van der Waals surface area contributed by atoms with Gasteiger partial charge in [-0.25, -0.2) is 4.79 Å². The van der Waals surface area contributed by atoms with Gasteiger partial charge in [0.25, 0.3) is 0 Å². The van der Waals surface area contributed by atoms with E-state index < -0.39 is 17.9 Å². The summed E-state index contributed by atoms with van der Waals surface area (Å²) in [5.41, 5.74) is 1.86. The van der Waals surface area contributed by atoms with Gasteiger partial charge >= 0.3 is 5.97 Å². The number of nitrogens with zero attached hydrogens (tertiary/aromatic N) is 1. The van der Waals surface area contributed by atoms with Gasteiger partial charge in [-0.15, -0.1) is 0 Å². The third kappa shape index (κ3) is 4.07. The summed E-state index contributed by atoms with van der Waals surface area (Å²) in [6, 6.07) is 10.5. The minimum Gasteiger partial charge on any atom is -0.467 e. The number of hydrogen-bond donors (Lipinski definition) is 2. The lowest BCUT2D eigenvalue weighted by Gasteiger charge is -2.19. The predicted molar refractivity (Wildman–Crippen MR) is 108 cm³/mol. The zero-order valence-corrected chi connectivity index (χ0v) is 16.6. The number of methoxy groups -OCH3 is 1. The number of esters is 1. The Morgan fingerprint density at radius 2 is 2.13 bits per heavy atom. The fraction of sp³-hybridized carbons (Fsp3) is 0.318. The van der Waals surface area contributed by atoms with Crippen molar-refractivity contribution in [1.82, 2.24) is 15.2 Å². The van der Waals surface area contributed by atoms with Crippen LogP contribution in [0.1, 0.15) is 17.7 Å². The first-order valence-electron chi connectivity index (χ1n) is 9.78. The fourth-order valence-corrected chi connectivity index (χ4v) is 3.84. The van der Waals surface area contributed by atoms with Crippen molar-refractivity contribution in [2.75, 3.05) is 13.7 Å². The minimum absolute atomic E-state index is 0.105. The number of ether oxygens (including phenoxy) is 1. The van der Waals surface area contributed by atoms with Gasteiger partial charge < -0.3 is 24.4 Å². The highest BCUT2D eigenvalue weighted by Crippen LogP contribution is 2.22. The monoisotopic (exact) mass is 409 g/mol. The van der Waals surface area contributed by atoms with Crippen molar-refractivity contribution in [2.45, 2.75) is 25.4 Å². The zero-order chi connectivity index (χ0) is 21.1. The molecule has 1 fully saturated rings. The number of furan rings is 1. The number of hydrogen-bond acceptors (Lipinski definition) is 5. The lowest BCUT2D eigenvalue weighted by Crippen LogP contribution is -2.46. The van der Waals surface area contributed by atoms with Crippen LogP contribution in [0.25, 0.3) is 10.9 Å². The van der Waals surface area contributed by atoms with E-state index in [0.29, 0.717) is 18.7 Å². The molecule has 8 nitrogen and oxygen atoms in total. The number of nitrogens with one attached hydrogen (secondary N) is 2. The van der Waals surface area contributed by atoms with Crippen LogP contribution in [0.4, 0.5) is 0 Å². The summed E-state index contributed by atoms with van der Waals surface area (Å²) < 4.78 is 10.2. The largest absolute Gasteiger partial charge is 0.467 e. The number of H-pyrrole nitrogens is 1. The molecule has 2 aromatic heterocycles. The van der Waals surface area contributed by atoms with E-state index in [0.717, 1.165) is 16.5 Å². The number of aromatic amines is 1. The summed E-state index contributed by atoms with van der Waals surface area (Å²) in [6.07, 6.45) is 3.77. The van der Waals surface area contributed by atoms with Crippen molar-refractivity contribution < 1.29 is 23.5 Å². The Morgan fingerprint density at radius 3 is 2.90 bits per heavy atom. The van der Waals surface area contributed by atoms with Crippen molar-refractivity contribution in [3.05, 3.63) is 60.2 Å². The van der Waals surface area contributed by atoms with Crippen LogP contribution in [0.2, 0.25) is 0 Å². The van der Waals surface area contributed by atoms with E-state index in [9.17, 15) is 14.4 Å². The van der Waals surface area contributed by atoms with Crippen molar-refractivity contribution in [2.24, 2.45) is 5.92 Å². The SMILES string of the molecule is COC(=O)[C@@H](Cc1c[nH]c2ccccc12)NC(=O)C1CC(=O)N(Cc2ccco2)C1. The first-order chi connectivity index (χ1) is 14.5. The van der Waals surface area contributed by atoms with Crippen molar-refractivity contribution in [3.63, 3.8) is 0 Å². The number of rotatable bonds is 7. The molecule has 1 saturated heterocycles. The Morgan fingerprint density at radius 1 is 1.30 bits per heavy atom. The summed E-state index contributed by atoms with van der Waals surface area (Å²) >= 11 is 0. The molecule has 4 rings (SSSR count). The maximum Gasteiger partial charge on any atom is 0.328 e. The van der Waals surface area contributed by atoms with E-state index in [1.807, 2.05) is 30.5 Å². The highest BCUT2D eigenvalue weighted by Gasteiger charge is 2.36. The van der Waals surface area contributed by atoms with Gasteiger partial charge in [0.05, 0.1) is 25.8 Å². The van der Waals surface area contributed by atoms with Crippen molar-refractivity contribution >= 4 is 28.7 Å². The number of para-hydroxylation sites is 1. The Bertz CT molecular complexity index is 1060. The summed E-state index contributed by atoms with van der Waals surface area (Å²) in [5, 5.41) is 3.77. The molecule has 0 saturated carbocycles. The van der Waals surface area contributed by atoms with Crippen LogP contribution in [0.5, 0.6) is 0 Å². The second-order valence-corrected chi connectivity index (χ2v) is 7.40. The number of carbonyl (C=O) groups excluding carboxylic acids is 3. The molecule has 0 aliphatic carbocycles. The standard InChI is InChI=1S/C22H23N3O5/c1-29-22(28)19(9-14-11-23-18-7-3-2-6-17(14)18)24-21(27)15-10-20(26)25(12-15)13-16-5-4-8-30-16/h2-8,11,15,19,23H,9-10,12-13H2,1H3,(H,24,27)/t15?,19-/m1/s1. The van der Waals surface area contributed by atoms with Crippen LogP contribution in [-0.4, -0.2) is 47.4 Å². The molecule has 8 heteroatoms. The summed E-state index contributed by atoms with van der Waals surface area (Å²) in [4.78, 5) is 42.2. The van der Waals surface area contributed by atoms with Gasteiger partial charge in [0.2, 0.25) is 11.8 Å². The molecule has 0 spiro atoms. The Balaban J connectivity index is 1.43. The van der Waals surface area contributed by atoms with Gasteiger partial charge in [0, 0.05) is 36.5 Å². The molecule has 0 radical (unpaired) electrons. The van der Waals surface area contributed by atoms with Gasteiger partial charge in [0.1, 0.15) is 11.8 Å². The topological polar surface area (TPSA) is 105 Å². The first-order valence-corrected chi connectivity index (χ1v) is 9.78. The van der Waals surface area contributed by atoms with Gasteiger partial charge in [0.15, 0.2) is 0 Å². The first kappa shape index (κ1) is 19.8. The summed E-state index contributed by atoms with van der Waals surface area (Å²) in [6.45, 7) is 0.609. The molecule has 1 aliphatic heterocycles. The van der Waals surface area contributed by atoms with Crippen LogP contribution in [0.3, 0.4) is 0 Å². The molecule has 1 unspecified atom stereocenters. The van der Waals surface area contributed by atoms with Crippen LogP contribution in [0, 0.1) is 5.92 Å². The van der Waals surface area contributed by atoms with Gasteiger partial charge in [-0.3, -0.25) is 9.59 Å². The highest BCUT2D eigenvalue weighted by molar-refractivity contribution is 5.92. The van der Waals surface area contributed by atoms with E-state index in [1.54, 1.807) is 23.3 Å². The molecule has 3 aromatic rings. The van der Waals surface area contributed by atoms with E-state index in [2.05, 4.69) is 10.3 Å². The molecular formula is C22H23N3O5. The van der Waals surface area contributed by atoms with Crippen LogP contribution < -0.4 is 5.32 Å². The maximum absolute atomic E-state index is 12.8. The highest BCUT2D eigenvalue weighted by atomic mass is 16.5. The van der Waals surface area contributed by atoms with E-state index in [-0.39, 0.29) is 24.8 Å². The quantitative estimate of drug-likeness (QED) is 0.581. The number of fused-ring (bicyclic) bond motifs is 1. The molecule has 1 aliphatic rings. The number of aromatic nitrogens is 1. The molecule has 2 amide bonds. The van der Waals surface area contributed by atoms with Crippen LogP contribution in [-0.2, 0) is 32.1 Å². The summed E-state index contributed by atoms with van der Waals surface area (Å²) in [5.74, 6) is -0.831. The van der Waals surface area contributed by atoms with Gasteiger partial charge in [-0.1, -0.05) is 18.2 Å². The molecule has 30 heavy (non-hydrogen) atoms. The predicted octanol–water partition coefficient (Wildman–Crippen LogP) is 2.01. The molecule has 2 atom stereocenters. The number of benzene rings is 1. The van der Waals surface area contributed by atoms with Crippen LogP contribution in [0.15, 0.2) is 53.3 Å². The Kier molecular flexibility index (Phi) is 5.56. The summed E-state index contributed by atoms with van der Waals surface area (Å²) in [7, 11) is 1.29. The minimum atomic E-state index is -0.837. The molecule has 3 heterocycles. The second-order valence-electron chi connectivity index (χ2n) is 7.40. The fourth-order valence-electron chi connectivity index (χ4n) is 3.84. The van der Waals surface area contributed by atoms with Crippen molar-refractivity contribution in [1.29, 1.82) is 0 Å². The average molecular weight is 409 g/mol. The van der Waals surface area contributed by atoms with E-state index in [1.165, 1.54) is 7.11 Å². The smallest absolute Gasteiger partial charge is 0.328 e. The third-order valence-electron chi connectivity index (χ3n) is 5.41. The molecule has 1 aromatic carbocycles. The molecular weight excluding hydrogens is 386 g/mol. The molecule has 0 bridgehead atoms. The number of likely N-dealkylation sites (tertiary alicyclic amines) is 1. The van der Waals surface area contributed by atoms with Gasteiger partial charge in [-0.05, 0) is 23.8 Å². The van der Waals surface area contributed by atoms with E-state index >= 15 is 0 Å². The lowest BCUT2D eigenvalue weighted by molar-refractivity contribution is -0.145. The van der Waals surface area contributed by atoms with E-state index in [4.69, 9.17) is 9.15 Å². The number of carbonyl (C=O) groups is 3. The Labute approximate surface area is 173 Å². The molecule has 2 N–H and O–H groups in total.